The van der Waals surface area contributed by atoms with Crippen molar-refractivity contribution in [2.24, 2.45) is 0 Å². The third-order valence-corrected chi connectivity index (χ3v) is 5.21. The van der Waals surface area contributed by atoms with Crippen LogP contribution in [0, 0.1) is 18.3 Å². The fourth-order valence-corrected chi connectivity index (χ4v) is 3.78. The molecule has 0 aliphatic carbocycles. The van der Waals surface area contributed by atoms with E-state index in [1.165, 1.54) is 17.4 Å². The van der Waals surface area contributed by atoms with Gasteiger partial charge in [0.1, 0.15) is 39.5 Å². The highest BCUT2D eigenvalue weighted by Gasteiger charge is 2.24. The minimum atomic E-state index is -0.648. The molecule has 31 heavy (non-hydrogen) atoms. The summed E-state index contributed by atoms with van der Waals surface area (Å²) in [4.78, 5) is 25.4. The SMILES string of the molecule is CCOC(=O)c1c(-c2ccc(OC)cc2)csc1NC(=O)C(C#N)=Cc1ccc(C)o1. The summed E-state index contributed by atoms with van der Waals surface area (Å²) in [5.41, 5.74) is 1.47. The normalized spacial score (nSPS) is 11.0. The first kappa shape index (κ1) is 21.9. The molecule has 1 amide bonds. The van der Waals surface area contributed by atoms with Crippen LogP contribution in [0.25, 0.3) is 17.2 Å². The van der Waals surface area contributed by atoms with Crippen LogP contribution in [0.15, 0.2) is 51.8 Å². The Morgan fingerprint density at radius 1 is 1.23 bits per heavy atom. The number of thiophene rings is 1. The summed E-state index contributed by atoms with van der Waals surface area (Å²) in [7, 11) is 1.57. The number of furan rings is 1. The molecule has 7 nitrogen and oxygen atoms in total. The third-order valence-electron chi connectivity index (χ3n) is 4.31. The van der Waals surface area contributed by atoms with Crippen molar-refractivity contribution >= 4 is 34.3 Å². The lowest BCUT2D eigenvalue weighted by molar-refractivity contribution is -0.112. The van der Waals surface area contributed by atoms with E-state index in [2.05, 4.69) is 5.32 Å². The summed E-state index contributed by atoms with van der Waals surface area (Å²) in [5.74, 6) is 0.525. The number of methoxy groups -OCH3 is 1. The molecule has 0 saturated carbocycles. The molecule has 158 valence electrons. The van der Waals surface area contributed by atoms with E-state index < -0.39 is 11.9 Å². The number of nitrogens with one attached hydrogen (secondary N) is 1. The van der Waals surface area contributed by atoms with Crippen molar-refractivity contribution < 1.29 is 23.5 Å². The zero-order chi connectivity index (χ0) is 22.4. The molecule has 2 heterocycles. The van der Waals surface area contributed by atoms with E-state index in [0.717, 1.165) is 5.56 Å². The van der Waals surface area contributed by atoms with Gasteiger partial charge in [-0.15, -0.1) is 11.3 Å². The Kier molecular flexibility index (Phi) is 6.90. The van der Waals surface area contributed by atoms with Crippen molar-refractivity contribution in [2.75, 3.05) is 19.0 Å². The first-order valence-electron chi connectivity index (χ1n) is 9.39. The van der Waals surface area contributed by atoms with Crippen molar-refractivity contribution in [3.05, 3.63) is 64.4 Å². The van der Waals surface area contributed by atoms with Crippen molar-refractivity contribution in [3.8, 4) is 22.9 Å². The van der Waals surface area contributed by atoms with Gasteiger partial charge < -0.3 is 19.2 Å². The Balaban J connectivity index is 1.95. The van der Waals surface area contributed by atoms with Crippen LogP contribution in [0.3, 0.4) is 0 Å². The maximum Gasteiger partial charge on any atom is 0.341 e. The monoisotopic (exact) mass is 436 g/mol. The lowest BCUT2D eigenvalue weighted by Gasteiger charge is -2.09. The molecule has 0 atom stereocenters. The molecule has 2 aromatic heterocycles. The quantitative estimate of drug-likeness (QED) is 0.316. The predicted octanol–water partition coefficient (Wildman–Crippen LogP) is 5.05. The number of benzene rings is 1. The van der Waals surface area contributed by atoms with Crippen molar-refractivity contribution in [2.45, 2.75) is 13.8 Å². The van der Waals surface area contributed by atoms with Gasteiger partial charge in [0.15, 0.2) is 0 Å². The van der Waals surface area contributed by atoms with Gasteiger partial charge in [0.05, 0.1) is 13.7 Å². The maximum atomic E-state index is 12.7. The molecule has 0 saturated heterocycles. The number of esters is 1. The summed E-state index contributed by atoms with van der Waals surface area (Å²) >= 11 is 1.18. The van der Waals surface area contributed by atoms with E-state index in [1.807, 2.05) is 18.2 Å². The molecule has 1 N–H and O–H groups in total. The molecule has 0 aliphatic heterocycles. The van der Waals surface area contributed by atoms with Crippen LogP contribution in [0.2, 0.25) is 0 Å². The van der Waals surface area contributed by atoms with E-state index in [9.17, 15) is 14.9 Å². The summed E-state index contributed by atoms with van der Waals surface area (Å²) in [6.45, 7) is 3.66. The number of hydrogen-bond donors (Lipinski definition) is 1. The van der Waals surface area contributed by atoms with Gasteiger partial charge in [-0.1, -0.05) is 12.1 Å². The number of aryl methyl sites for hydroxylation is 1. The number of carbonyl (C=O) groups is 2. The van der Waals surface area contributed by atoms with E-state index >= 15 is 0 Å². The Morgan fingerprint density at radius 3 is 2.55 bits per heavy atom. The Labute approximate surface area is 183 Å². The lowest BCUT2D eigenvalue weighted by atomic mass is 10.0. The van der Waals surface area contributed by atoms with Crippen LogP contribution in [0.1, 0.15) is 28.8 Å². The van der Waals surface area contributed by atoms with Gasteiger partial charge in [-0.05, 0) is 43.7 Å². The number of nitriles is 1. The number of carbonyl (C=O) groups excluding carboxylic acids is 2. The second-order valence-corrected chi connectivity index (χ2v) is 7.25. The zero-order valence-electron chi connectivity index (χ0n) is 17.2. The van der Waals surface area contributed by atoms with E-state index in [0.29, 0.717) is 27.8 Å². The van der Waals surface area contributed by atoms with E-state index in [4.69, 9.17) is 13.9 Å². The molecular weight excluding hydrogens is 416 g/mol. The highest BCUT2D eigenvalue weighted by Crippen LogP contribution is 2.37. The molecule has 0 fully saturated rings. The first-order valence-corrected chi connectivity index (χ1v) is 10.3. The number of rotatable bonds is 7. The van der Waals surface area contributed by atoms with Gasteiger partial charge in [-0.3, -0.25) is 4.79 Å². The molecule has 3 rings (SSSR count). The van der Waals surface area contributed by atoms with Gasteiger partial charge in [0, 0.05) is 17.0 Å². The highest BCUT2D eigenvalue weighted by molar-refractivity contribution is 7.15. The smallest absolute Gasteiger partial charge is 0.341 e. The predicted molar refractivity (Wildman–Crippen MR) is 118 cm³/mol. The maximum absolute atomic E-state index is 12.7. The average molecular weight is 436 g/mol. The molecule has 0 radical (unpaired) electrons. The third kappa shape index (κ3) is 5.02. The van der Waals surface area contributed by atoms with Gasteiger partial charge in [-0.2, -0.15) is 5.26 Å². The second kappa shape index (κ2) is 9.78. The average Bonchev–Trinajstić information content (AvgIpc) is 3.38. The highest BCUT2D eigenvalue weighted by atomic mass is 32.1. The molecule has 0 aliphatic rings. The number of hydrogen-bond acceptors (Lipinski definition) is 7. The number of nitrogens with zero attached hydrogens (tertiary/aromatic N) is 1. The van der Waals surface area contributed by atoms with Crippen LogP contribution < -0.4 is 10.1 Å². The molecule has 0 unspecified atom stereocenters. The molecule has 0 bridgehead atoms. The van der Waals surface area contributed by atoms with Crippen LogP contribution in [0.5, 0.6) is 5.75 Å². The van der Waals surface area contributed by atoms with Gasteiger partial charge in [0.25, 0.3) is 5.91 Å². The minimum absolute atomic E-state index is 0.149. The van der Waals surface area contributed by atoms with Crippen LogP contribution in [0.4, 0.5) is 5.00 Å². The van der Waals surface area contributed by atoms with Crippen LogP contribution >= 0.6 is 11.3 Å². The molecular formula is C23H20N2O5S. The lowest BCUT2D eigenvalue weighted by Crippen LogP contribution is -2.16. The summed E-state index contributed by atoms with van der Waals surface area (Å²) in [5, 5.41) is 14.1. The van der Waals surface area contributed by atoms with Crippen LogP contribution in [-0.4, -0.2) is 25.6 Å². The largest absolute Gasteiger partial charge is 0.497 e. The molecule has 0 spiro atoms. The first-order chi connectivity index (χ1) is 15.0. The Morgan fingerprint density at radius 2 is 1.97 bits per heavy atom. The van der Waals surface area contributed by atoms with Gasteiger partial charge in [0.2, 0.25) is 0 Å². The van der Waals surface area contributed by atoms with Crippen LogP contribution in [-0.2, 0) is 9.53 Å². The zero-order valence-corrected chi connectivity index (χ0v) is 18.0. The molecule has 1 aromatic carbocycles. The summed E-state index contributed by atoms with van der Waals surface area (Å²) in [6, 6.07) is 12.5. The topological polar surface area (TPSA) is 102 Å². The number of anilines is 1. The standard InChI is InChI=1S/C23H20N2O5S/c1-4-29-23(27)20-19(15-6-9-17(28-3)10-7-15)13-31-22(20)25-21(26)16(12-24)11-18-8-5-14(2)30-18/h5-11,13H,4H2,1-3H3,(H,25,26). The molecule has 8 heteroatoms. The minimum Gasteiger partial charge on any atom is -0.497 e. The summed E-state index contributed by atoms with van der Waals surface area (Å²) in [6.07, 6.45) is 1.35. The fourth-order valence-electron chi connectivity index (χ4n) is 2.83. The molecule has 3 aromatic rings. The van der Waals surface area contributed by atoms with Crippen molar-refractivity contribution in [3.63, 3.8) is 0 Å². The van der Waals surface area contributed by atoms with E-state index in [-0.39, 0.29) is 17.7 Å². The van der Waals surface area contributed by atoms with E-state index in [1.54, 1.807) is 50.6 Å². The number of amides is 1. The fraction of sp³-hybridized carbons (Fsp3) is 0.174. The Bertz CT molecular complexity index is 1170. The van der Waals surface area contributed by atoms with Gasteiger partial charge in [-0.25, -0.2) is 4.79 Å². The summed E-state index contributed by atoms with van der Waals surface area (Å²) < 4.78 is 15.8. The Hall–Kier alpha value is -3.83. The van der Waals surface area contributed by atoms with Crippen molar-refractivity contribution in [1.29, 1.82) is 5.26 Å². The van der Waals surface area contributed by atoms with Gasteiger partial charge >= 0.3 is 5.97 Å². The second-order valence-electron chi connectivity index (χ2n) is 6.37. The number of ether oxygens (including phenoxy) is 2. The van der Waals surface area contributed by atoms with Crippen molar-refractivity contribution in [1.82, 2.24) is 0 Å².